The number of halogens is 2. The Morgan fingerprint density at radius 3 is 2.94 bits per heavy atom. The fraction of sp³-hybridized carbons (Fsp3) is 0.100. The average Bonchev–Trinajstić information content (AvgIpc) is 2.91. The standard InChI is InChI=1S/C10H7ClFN3O2/c11-8-9(12)4(5-2-7(13)15-14-5)1-6-10(8)17-3-16-6/h1-2H,3H2,(H3,13,14,15). The zero-order valence-electron chi connectivity index (χ0n) is 8.46. The van der Waals surface area contributed by atoms with E-state index >= 15 is 0 Å². The van der Waals surface area contributed by atoms with Crippen molar-refractivity contribution in [3.63, 3.8) is 0 Å². The fourth-order valence-corrected chi connectivity index (χ4v) is 1.90. The van der Waals surface area contributed by atoms with Gasteiger partial charge >= 0.3 is 0 Å². The molecule has 1 aromatic carbocycles. The summed E-state index contributed by atoms with van der Waals surface area (Å²) in [6.07, 6.45) is 0. The molecule has 0 aliphatic carbocycles. The van der Waals surface area contributed by atoms with E-state index in [0.29, 0.717) is 11.4 Å². The molecule has 0 amide bonds. The first-order chi connectivity index (χ1) is 8.16. The summed E-state index contributed by atoms with van der Waals surface area (Å²) in [6, 6.07) is 3.01. The third-order valence-corrected chi connectivity index (χ3v) is 2.77. The summed E-state index contributed by atoms with van der Waals surface area (Å²) in [4.78, 5) is 0. The SMILES string of the molecule is Nc1cc(-c2cc3c(c(Cl)c2F)OCO3)[nH]n1. The average molecular weight is 256 g/mol. The first kappa shape index (κ1) is 10.2. The van der Waals surface area contributed by atoms with Gasteiger partial charge < -0.3 is 15.2 Å². The smallest absolute Gasteiger partial charge is 0.231 e. The number of rotatable bonds is 1. The summed E-state index contributed by atoms with van der Waals surface area (Å²) in [5.41, 5.74) is 6.13. The molecule has 7 heteroatoms. The lowest BCUT2D eigenvalue weighted by atomic mass is 10.1. The van der Waals surface area contributed by atoms with Crippen LogP contribution >= 0.6 is 11.6 Å². The first-order valence-electron chi connectivity index (χ1n) is 4.75. The van der Waals surface area contributed by atoms with Crippen LogP contribution in [0.1, 0.15) is 0 Å². The number of nitrogens with two attached hydrogens (primary N) is 1. The maximum atomic E-state index is 14.0. The quantitative estimate of drug-likeness (QED) is 0.819. The van der Waals surface area contributed by atoms with Gasteiger partial charge in [0.2, 0.25) is 6.79 Å². The lowest BCUT2D eigenvalue weighted by molar-refractivity contribution is 0.174. The molecule has 2 heterocycles. The molecule has 2 aromatic rings. The second-order valence-electron chi connectivity index (χ2n) is 3.49. The van der Waals surface area contributed by atoms with E-state index in [0.717, 1.165) is 0 Å². The third-order valence-electron chi connectivity index (χ3n) is 2.43. The monoisotopic (exact) mass is 255 g/mol. The van der Waals surface area contributed by atoms with Crippen molar-refractivity contribution in [2.45, 2.75) is 0 Å². The van der Waals surface area contributed by atoms with Gasteiger partial charge in [-0.05, 0) is 6.07 Å². The topological polar surface area (TPSA) is 73.2 Å². The molecule has 0 atom stereocenters. The minimum absolute atomic E-state index is 0.0308. The number of ether oxygens (including phenoxy) is 2. The van der Waals surface area contributed by atoms with E-state index in [2.05, 4.69) is 10.2 Å². The highest BCUT2D eigenvalue weighted by atomic mass is 35.5. The Hall–Kier alpha value is -1.95. The Morgan fingerprint density at radius 2 is 2.24 bits per heavy atom. The summed E-state index contributed by atoms with van der Waals surface area (Å²) < 4.78 is 24.2. The molecule has 3 rings (SSSR count). The Labute approximate surface area is 100 Å². The highest BCUT2D eigenvalue weighted by molar-refractivity contribution is 6.32. The molecular formula is C10H7ClFN3O2. The normalized spacial score (nSPS) is 13.1. The molecule has 17 heavy (non-hydrogen) atoms. The van der Waals surface area contributed by atoms with Gasteiger partial charge in [-0.2, -0.15) is 5.10 Å². The molecular weight excluding hydrogens is 249 g/mol. The van der Waals surface area contributed by atoms with Crippen molar-refractivity contribution in [3.05, 3.63) is 23.0 Å². The van der Waals surface area contributed by atoms with Crippen LogP contribution in [-0.2, 0) is 0 Å². The van der Waals surface area contributed by atoms with Crippen molar-refractivity contribution in [1.29, 1.82) is 0 Å². The molecule has 88 valence electrons. The maximum absolute atomic E-state index is 14.0. The number of fused-ring (bicyclic) bond motifs is 1. The van der Waals surface area contributed by atoms with Gasteiger partial charge in [0.15, 0.2) is 17.3 Å². The van der Waals surface area contributed by atoms with Gasteiger partial charge in [-0.15, -0.1) is 0 Å². The van der Waals surface area contributed by atoms with E-state index in [-0.39, 0.29) is 28.9 Å². The second-order valence-corrected chi connectivity index (χ2v) is 3.87. The van der Waals surface area contributed by atoms with E-state index < -0.39 is 5.82 Å². The zero-order chi connectivity index (χ0) is 12.0. The largest absolute Gasteiger partial charge is 0.454 e. The Bertz CT molecular complexity index is 599. The second kappa shape index (κ2) is 3.53. The molecule has 0 saturated heterocycles. The molecule has 1 aliphatic rings. The lowest BCUT2D eigenvalue weighted by Gasteiger charge is -2.05. The van der Waals surface area contributed by atoms with Crippen molar-refractivity contribution in [2.24, 2.45) is 0 Å². The fourth-order valence-electron chi connectivity index (χ4n) is 1.65. The molecule has 0 saturated carbocycles. The van der Waals surface area contributed by atoms with Gasteiger partial charge in [0, 0.05) is 11.6 Å². The summed E-state index contributed by atoms with van der Waals surface area (Å²) in [7, 11) is 0. The molecule has 0 radical (unpaired) electrons. The van der Waals surface area contributed by atoms with E-state index in [9.17, 15) is 4.39 Å². The van der Waals surface area contributed by atoms with Crippen molar-refractivity contribution in [1.82, 2.24) is 10.2 Å². The van der Waals surface area contributed by atoms with Gasteiger partial charge in [-0.1, -0.05) is 11.6 Å². The van der Waals surface area contributed by atoms with Gasteiger partial charge in [0.1, 0.15) is 10.8 Å². The van der Waals surface area contributed by atoms with E-state index in [1.165, 1.54) is 12.1 Å². The summed E-state index contributed by atoms with van der Waals surface area (Å²) >= 11 is 5.85. The van der Waals surface area contributed by atoms with Crippen molar-refractivity contribution in [2.75, 3.05) is 12.5 Å². The maximum Gasteiger partial charge on any atom is 0.231 e. The van der Waals surface area contributed by atoms with Gasteiger partial charge in [0.25, 0.3) is 0 Å². The molecule has 5 nitrogen and oxygen atoms in total. The predicted octanol–water partition coefficient (Wildman–Crippen LogP) is 2.18. The number of hydrogen-bond donors (Lipinski definition) is 2. The van der Waals surface area contributed by atoms with Crippen LogP contribution in [0.25, 0.3) is 11.3 Å². The van der Waals surface area contributed by atoms with Gasteiger partial charge in [-0.3, -0.25) is 5.10 Å². The van der Waals surface area contributed by atoms with Crippen LogP contribution in [0.5, 0.6) is 11.5 Å². The van der Waals surface area contributed by atoms with Crippen molar-refractivity contribution < 1.29 is 13.9 Å². The van der Waals surface area contributed by atoms with Crippen LogP contribution in [0.2, 0.25) is 5.02 Å². The van der Waals surface area contributed by atoms with Crippen molar-refractivity contribution >= 4 is 17.4 Å². The number of nitrogens with zero attached hydrogens (tertiary/aromatic N) is 1. The first-order valence-corrected chi connectivity index (χ1v) is 5.13. The molecule has 0 fully saturated rings. The molecule has 3 N–H and O–H groups in total. The summed E-state index contributed by atoms with van der Waals surface area (Å²) in [5.74, 6) is 0.299. The minimum atomic E-state index is -0.598. The van der Waals surface area contributed by atoms with Crippen LogP contribution in [-0.4, -0.2) is 17.0 Å². The number of nitrogens with one attached hydrogen (secondary N) is 1. The molecule has 1 aliphatic heterocycles. The number of hydrogen-bond acceptors (Lipinski definition) is 4. The number of H-pyrrole nitrogens is 1. The van der Waals surface area contributed by atoms with Gasteiger partial charge in [-0.25, -0.2) is 4.39 Å². The Balaban J connectivity index is 2.21. The molecule has 0 bridgehead atoms. The number of nitrogen functional groups attached to an aromatic ring is 1. The van der Waals surface area contributed by atoms with E-state index in [1.807, 2.05) is 0 Å². The van der Waals surface area contributed by atoms with Gasteiger partial charge in [0.05, 0.1) is 5.69 Å². The number of benzene rings is 1. The molecule has 1 aromatic heterocycles. The summed E-state index contributed by atoms with van der Waals surface area (Å²) in [5, 5.41) is 6.23. The van der Waals surface area contributed by atoms with Crippen LogP contribution < -0.4 is 15.2 Å². The third kappa shape index (κ3) is 1.49. The van der Waals surface area contributed by atoms with Crippen LogP contribution in [0.4, 0.5) is 10.2 Å². The molecule has 0 unspecified atom stereocenters. The van der Waals surface area contributed by atoms with E-state index in [4.69, 9.17) is 26.8 Å². The Morgan fingerprint density at radius 1 is 1.41 bits per heavy atom. The van der Waals surface area contributed by atoms with Crippen LogP contribution in [0.15, 0.2) is 12.1 Å². The highest BCUT2D eigenvalue weighted by Gasteiger charge is 2.24. The number of anilines is 1. The van der Waals surface area contributed by atoms with Crippen LogP contribution in [0.3, 0.4) is 0 Å². The predicted molar refractivity (Wildman–Crippen MR) is 59.5 cm³/mol. The van der Waals surface area contributed by atoms with Crippen LogP contribution in [0, 0.1) is 5.82 Å². The minimum Gasteiger partial charge on any atom is -0.454 e. The Kier molecular flexibility index (Phi) is 2.12. The number of aromatic amines is 1. The highest BCUT2D eigenvalue weighted by Crippen LogP contribution is 2.44. The lowest BCUT2D eigenvalue weighted by Crippen LogP contribution is -1.93. The van der Waals surface area contributed by atoms with E-state index in [1.54, 1.807) is 0 Å². The molecule has 0 spiro atoms. The zero-order valence-corrected chi connectivity index (χ0v) is 9.21. The van der Waals surface area contributed by atoms with Crippen molar-refractivity contribution in [3.8, 4) is 22.8 Å². The summed E-state index contributed by atoms with van der Waals surface area (Å²) in [6.45, 7) is 0.0308. The number of aromatic nitrogens is 2.